The molecule has 3 rings (SSSR count). The Labute approximate surface area is 175 Å². The molecular formula is C23H23N3O2S. The minimum atomic E-state index is -0.186. The number of hydrogen-bond acceptors (Lipinski definition) is 4. The average Bonchev–Trinajstić information content (AvgIpc) is 2.69. The second kappa shape index (κ2) is 9.39. The molecule has 0 atom stereocenters. The summed E-state index contributed by atoms with van der Waals surface area (Å²) in [5.74, 6) is -0.316. The van der Waals surface area contributed by atoms with Crippen LogP contribution in [0.25, 0.3) is 0 Å². The van der Waals surface area contributed by atoms with Crippen molar-refractivity contribution in [3.05, 3.63) is 83.0 Å². The van der Waals surface area contributed by atoms with Crippen LogP contribution < -0.4 is 10.6 Å². The summed E-state index contributed by atoms with van der Waals surface area (Å²) in [4.78, 5) is 29.4. The second-order valence-corrected chi connectivity index (χ2v) is 7.83. The van der Waals surface area contributed by atoms with Crippen molar-refractivity contribution in [3.8, 4) is 0 Å². The molecule has 148 valence electrons. The van der Waals surface area contributed by atoms with Gasteiger partial charge in [-0.2, -0.15) is 0 Å². The van der Waals surface area contributed by atoms with E-state index in [1.165, 1.54) is 29.8 Å². The first-order chi connectivity index (χ1) is 13.9. The molecule has 0 unspecified atom stereocenters. The van der Waals surface area contributed by atoms with Gasteiger partial charge >= 0.3 is 0 Å². The lowest BCUT2D eigenvalue weighted by Gasteiger charge is -2.11. The summed E-state index contributed by atoms with van der Waals surface area (Å²) in [6.45, 7) is 5.96. The van der Waals surface area contributed by atoms with Crippen molar-refractivity contribution in [1.82, 2.24) is 10.3 Å². The van der Waals surface area contributed by atoms with Crippen molar-refractivity contribution in [2.75, 3.05) is 5.32 Å². The molecule has 2 N–H and O–H groups in total. The molecule has 5 nitrogen and oxygen atoms in total. The monoisotopic (exact) mass is 405 g/mol. The summed E-state index contributed by atoms with van der Waals surface area (Å²) < 4.78 is 0. The lowest BCUT2D eigenvalue weighted by atomic mass is 10.1. The molecule has 2 aromatic carbocycles. The zero-order valence-corrected chi connectivity index (χ0v) is 17.5. The van der Waals surface area contributed by atoms with Crippen LogP contribution in [0.5, 0.6) is 0 Å². The molecule has 0 saturated heterocycles. The number of hydrogen-bond donors (Lipinski definition) is 2. The number of benzene rings is 2. The number of aryl methyl sites for hydroxylation is 2. The third kappa shape index (κ3) is 5.68. The Morgan fingerprint density at radius 3 is 2.59 bits per heavy atom. The minimum absolute atomic E-state index is 0.130. The topological polar surface area (TPSA) is 71.1 Å². The Hall–Kier alpha value is -3.12. The highest BCUT2D eigenvalue weighted by atomic mass is 32.2. The summed E-state index contributed by atoms with van der Waals surface area (Å²) >= 11 is 1.48. The Morgan fingerprint density at radius 2 is 1.83 bits per heavy atom. The summed E-state index contributed by atoms with van der Waals surface area (Å²) in [5.41, 5.74) is 4.58. The maximum absolute atomic E-state index is 12.8. The van der Waals surface area contributed by atoms with E-state index in [0.717, 1.165) is 10.5 Å². The van der Waals surface area contributed by atoms with Gasteiger partial charge in [0, 0.05) is 30.2 Å². The normalized spacial score (nSPS) is 10.4. The zero-order valence-electron chi connectivity index (χ0n) is 16.7. The largest absolute Gasteiger partial charge is 0.348 e. The molecule has 2 amide bonds. The summed E-state index contributed by atoms with van der Waals surface area (Å²) in [5, 5.41) is 6.35. The number of pyridine rings is 1. The summed E-state index contributed by atoms with van der Waals surface area (Å²) in [6.07, 6.45) is 1.69. The predicted molar refractivity (Wildman–Crippen MR) is 116 cm³/mol. The molecule has 29 heavy (non-hydrogen) atoms. The maximum Gasteiger partial charge on any atom is 0.254 e. The highest BCUT2D eigenvalue weighted by molar-refractivity contribution is 7.99. The lowest BCUT2D eigenvalue weighted by molar-refractivity contribution is -0.114. The highest BCUT2D eigenvalue weighted by Gasteiger charge is 2.14. The van der Waals surface area contributed by atoms with Gasteiger partial charge in [0.15, 0.2) is 0 Å². The van der Waals surface area contributed by atoms with E-state index in [1.807, 2.05) is 30.3 Å². The molecule has 0 bridgehead atoms. The number of nitrogens with one attached hydrogen (secondary N) is 2. The fourth-order valence-electron chi connectivity index (χ4n) is 2.77. The molecule has 0 spiro atoms. The number of carbonyl (C=O) groups is 2. The zero-order chi connectivity index (χ0) is 20.8. The number of aromatic nitrogens is 1. The van der Waals surface area contributed by atoms with Crippen LogP contribution in [0.15, 0.2) is 70.7 Å². The van der Waals surface area contributed by atoms with Gasteiger partial charge in [-0.25, -0.2) is 4.98 Å². The van der Waals surface area contributed by atoms with E-state index in [4.69, 9.17) is 0 Å². The molecule has 1 aromatic heterocycles. The molecule has 1 heterocycles. The average molecular weight is 406 g/mol. The van der Waals surface area contributed by atoms with E-state index < -0.39 is 0 Å². The Balaban J connectivity index is 1.71. The van der Waals surface area contributed by atoms with Crippen molar-refractivity contribution in [2.45, 2.75) is 37.2 Å². The van der Waals surface area contributed by atoms with E-state index in [0.29, 0.717) is 22.8 Å². The SMILES string of the molecule is CC(=O)Nc1cccc(CNC(=O)c2cccnc2Sc2ccc(C)c(C)c2)c1. The first kappa shape index (κ1) is 20.6. The quantitative estimate of drug-likeness (QED) is 0.621. The Morgan fingerprint density at radius 1 is 1.00 bits per heavy atom. The summed E-state index contributed by atoms with van der Waals surface area (Å²) in [6, 6.07) is 17.2. The van der Waals surface area contributed by atoms with Crippen LogP contribution in [0.2, 0.25) is 0 Å². The van der Waals surface area contributed by atoms with Gasteiger partial charge in [0.05, 0.1) is 5.56 Å². The van der Waals surface area contributed by atoms with Gasteiger partial charge in [-0.1, -0.05) is 30.0 Å². The van der Waals surface area contributed by atoms with Crippen LogP contribution >= 0.6 is 11.8 Å². The Bertz CT molecular complexity index is 1050. The van der Waals surface area contributed by atoms with Crippen LogP contribution in [-0.4, -0.2) is 16.8 Å². The third-order valence-corrected chi connectivity index (χ3v) is 5.42. The standard InChI is InChI=1S/C23H23N3O2S/c1-15-9-10-20(12-16(15)2)29-23-21(8-5-11-24-23)22(28)25-14-18-6-4-7-19(13-18)26-17(3)27/h4-13H,14H2,1-3H3,(H,25,28)(H,26,27). The van der Waals surface area contributed by atoms with E-state index in [2.05, 4.69) is 41.6 Å². The first-order valence-corrected chi connectivity index (χ1v) is 10.1. The van der Waals surface area contributed by atoms with E-state index in [-0.39, 0.29) is 11.8 Å². The number of carbonyl (C=O) groups excluding carboxylic acids is 2. The molecular weight excluding hydrogens is 382 g/mol. The number of anilines is 1. The first-order valence-electron chi connectivity index (χ1n) is 9.27. The Kier molecular flexibility index (Phi) is 6.67. The van der Waals surface area contributed by atoms with Gasteiger partial charge < -0.3 is 10.6 Å². The van der Waals surface area contributed by atoms with Crippen molar-refractivity contribution >= 4 is 29.3 Å². The van der Waals surface area contributed by atoms with Gasteiger partial charge in [-0.3, -0.25) is 9.59 Å². The van der Waals surface area contributed by atoms with Crippen LogP contribution in [-0.2, 0) is 11.3 Å². The van der Waals surface area contributed by atoms with Crippen LogP contribution in [0.1, 0.15) is 34.0 Å². The van der Waals surface area contributed by atoms with E-state index >= 15 is 0 Å². The van der Waals surface area contributed by atoms with Crippen molar-refractivity contribution in [2.24, 2.45) is 0 Å². The van der Waals surface area contributed by atoms with Gasteiger partial charge in [0.25, 0.3) is 5.91 Å². The fourth-order valence-corrected chi connectivity index (χ4v) is 3.75. The molecule has 3 aromatic rings. The smallest absolute Gasteiger partial charge is 0.254 e. The third-order valence-electron chi connectivity index (χ3n) is 4.41. The van der Waals surface area contributed by atoms with Gasteiger partial charge in [-0.05, 0) is 66.9 Å². The molecule has 0 radical (unpaired) electrons. The second-order valence-electron chi connectivity index (χ2n) is 6.77. The lowest BCUT2D eigenvalue weighted by Crippen LogP contribution is -2.23. The highest BCUT2D eigenvalue weighted by Crippen LogP contribution is 2.30. The molecule has 0 aliphatic rings. The van der Waals surface area contributed by atoms with E-state index in [9.17, 15) is 9.59 Å². The number of rotatable bonds is 6. The van der Waals surface area contributed by atoms with Gasteiger partial charge in [0.1, 0.15) is 5.03 Å². The molecule has 0 aliphatic heterocycles. The summed E-state index contributed by atoms with van der Waals surface area (Å²) in [7, 11) is 0. The van der Waals surface area contributed by atoms with Crippen molar-refractivity contribution in [1.29, 1.82) is 0 Å². The number of nitrogens with zero attached hydrogens (tertiary/aromatic N) is 1. The van der Waals surface area contributed by atoms with Crippen molar-refractivity contribution in [3.63, 3.8) is 0 Å². The van der Waals surface area contributed by atoms with Gasteiger partial charge in [-0.15, -0.1) is 0 Å². The fraction of sp³-hybridized carbons (Fsp3) is 0.174. The molecule has 6 heteroatoms. The van der Waals surface area contributed by atoms with E-state index in [1.54, 1.807) is 18.3 Å². The van der Waals surface area contributed by atoms with Gasteiger partial charge in [0.2, 0.25) is 5.91 Å². The molecule has 0 saturated carbocycles. The predicted octanol–water partition coefficient (Wildman–Crippen LogP) is 4.74. The maximum atomic E-state index is 12.8. The van der Waals surface area contributed by atoms with Crippen LogP contribution in [0.3, 0.4) is 0 Å². The number of amides is 2. The van der Waals surface area contributed by atoms with Crippen LogP contribution in [0.4, 0.5) is 5.69 Å². The minimum Gasteiger partial charge on any atom is -0.348 e. The van der Waals surface area contributed by atoms with Crippen LogP contribution in [0, 0.1) is 13.8 Å². The molecule has 0 fully saturated rings. The van der Waals surface area contributed by atoms with Crippen molar-refractivity contribution < 1.29 is 9.59 Å². The molecule has 0 aliphatic carbocycles.